The van der Waals surface area contributed by atoms with Gasteiger partial charge in [-0.3, -0.25) is 4.79 Å². The van der Waals surface area contributed by atoms with E-state index in [1.807, 2.05) is 12.1 Å². The lowest BCUT2D eigenvalue weighted by Crippen LogP contribution is -2.31. The van der Waals surface area contributed by atoms with Gasteiger partial charge in [0.2, 0.25) is 0 Å². The maximum absolute atomic E-state index is 12.9. The van der Waals surface area contributed by atoms with Gasteiger partial charge in [0.25, 0.3) is 5.56 Å². The van der Waals surface area contributed by atoms with E-state index in [4.69, 9.17) is 0 Å². The normalized spacial score (nSPS) is 12.8. The number of anilines is 1. The summed E-state index contributed by atoms with van der Waals surface area (Å²) >= 11 is 0. The van der Waals surface area contributed by atoms with Gasteiger partial charge in [-0.1, -0.05) is 18.2 Å². The second-order valence-electron chi connectivity index (χ2n) is 5.84. The van der Waals surface area contributed by atoms with E-state index in [-0.39, 0.29) is 11.4 Å². The number of aromatic nitrogens is 2. The molecule has 0 saturated carbocycles. The Kier molecular flexibility index (Phi) is 3.99. The van der Waals surface area contributed by atoms with Crippen LogP contribution < -0.4 is 16.2 Å². The molecule has 1 aliphatic rings. The van der Waals surface area contributed by atoms with E-state index in [1.54, 1.807) is 18.2 Å². The fraction of sp³-hybridized carbons (Fsp3) is 0.167. The highest BCUT2D eigenvalue weighted by molar-refractivity contribution is 6.12. The molecule has 25 heavy (non-hydrogen) atoms. The molecule has 126 valence electrons. The number of hydrogen-bond acceptors (Lipinski definition) is 5. The second kappa shape index (κ2) is 6.45. The van der Waals surface area contributed by atoms with Crippen molar-refractivity contribution in [2.24, 2.45) is 4.99 Å². The van der Waals surface area contributed by atoms with Crippen LogP contribution in [0.2, 0.25) is 0 Å². The highest BCUT2D eigenvalue weighted by Crippen LogP contribution is 2.31. The molecule has 1 aromatic heterocycles. The first-order valence-electron chi connectivity index (χ1n) is 8.02. The minimum atomic E-state index is -0.226. The van der Waals surface area contributed by atoms with Crippen molar-refractivity contribution >= 4 is 28.1 Å². The van der Waals surface area contributed by atoms with Crippen LogP contribution in [0, 0.1) is 5.82 Å². The van der Waals surface area contributed by atoms with Crippen molar-refractivity contribution in [2.75, 3.05) is 18.4 Å². The first kappa shape index (κ1) is 15.5. The summed E-state index contributed by atoms with van der Waals surface area (Å²) in [4.78, 5) is 16.4. The quantitative estimate of drug-likeness (QED) is 0.624. The summed E-state index contributed by atoms with van der Waals surface area (Å²) < 4.78 is 12.9. The third-order valence-electron chi connectivity index (χ3n) is 4.11. The van der Waals surface area contributed by atoms with Gasteiger partial charge in [-0.15, -0.1) is 0 Å². The van der Waals surface area contributed by atoms with Crippen molar-refractivity contribution in [3.05, 3.63) is 64.2 Å². The number of H-pyrrole nitrogens is 1. The van der Waals surface area contributed by atoms with Crippen LogP contribution in [0.1, 0.15) is 5.56 Å². The molecule has 0 radical (unpaired) electrons. The van der Waals surface area contributed by atoms with Crippen molar-refractivity contribution in [1.29, 1.82) is 0 Å². The molecule has 4 rings (SSSR count). The van der Waals surface area contributed by atoms with Crippen molar-refractivity contribution in [3.8, 4) is 0 Å². The smallest absolute Gasteiger partial charge is 0.272 e. The van der Waals surface area contributed by atoms with E-state index < -0.39 is 0 Å². The standard InChI is InChI=1S/C18H16FN5O/c19-12-6-4-11(5-7-12)8-9-20-10-15-21-14-3-1-2-13-16(14)17(22-15)23-24-18(13)25/h1-7,20H,8-10H2,(H,24,25)(H,21,22,23). The molecule has 6 nitrogen and oxygen atoms in total. The summed E-state index contributed by atoms with van der Waals surface area (Å²) in [6.07, 6.45) is 0.797. The van der Waals surface area contributed by atoms with Gasteiger partial charge in [0.15, 0.2) is 5.82 Å². The van der Waals surface area contributed by atoms with E-state index in [1.165, 1.54) is 12.1 Å². The van der Waals surface area contributed by atoms with E-state index in [9.17, 15) is 9.18 Å². The summed E-state index contributed by atoms with van der Waals surface area (Å²) in [6.45, 7) is 1.28. The average Bonchev–Trinajstić information content (AvgIpc) is 2.63. The molecule has 3 N–H and O–H groups in total. The predicted molar refractivity (Wildman–Crippen MR) is 96.1 cm³/mol. The molecule has 1 aliphatic heterocycles. The Bertz CT molecular complexity index is 1010. The van der Waals surface area contributed by atoms with E-state index in [0.29, 0.717) is 17.7 Å². The molecule has 3 aromatic rings. The number of halogens is 1. The second-order valence-corrected chi connectivity index (χ2v) is 5.84. The van der Waals surface area contributed by atoms with Crippen LogP contribution in [0.25, 0.3) is 10.8 Å². The zero-order valence-electron chi connectivity index (χ0n) is 13.3. The third-order valence-corrected chi connectivity index (χ3v) is 4.11. The predicted octanol–water partition coefficient (Wildman–Crippen LogP) is 2.35. The van der Waals surface area contributed by atoms with Crippen LogP contribution >= 0.6 is 0 Å². The Morgan fingerprint density at radius 3 is 2.80 bits per heavy atom. The van der Waals surface area contributed by atoms with Gasteiger partial charge in [-0.25, -0.2) is 14.5 Å². The summed E-state index contributed by atoms with van der Waals surface area (Å²) in [5.41, 5.74) is 1.58. The van der Waals surface area contributed by atoms with Gasteiger partial charge in [-0.2, -0.15) is 5.10 Å². The van der Waals surface area contributed by atoms with Gasteiger partial charge in [0.1, 0.15) is 11.7 Å². The van der Waals surface area contributed by atoms with E-state index in [0.717, 1.165) is 35.4 Å². The molecule has 0 fully saturated rings. The lowest BCUT2D eigenvalue weighted by Gasteiger charge is -2.17. The van der Waals surface area contributed by atoms with Gasteiger partial charge in [0, 0.05) is 0 Å². The maximum Gasteiger partial charge on any atom is 0.272 e. The number of benzene rings is 2. The Balaban J connectivity index is 1.44. The average molecular weight is 337 g/mol. The monoisotopic (exact) mass is 337 g/mol. The number of aromatic amines is 1. The molecule has 0 unspecified atom stereocenters. The van der Waals surface area contributed by atoms with Crippen molar-refractivity contribution in [1.82, 2.24) is 15.5 Å². The molecular weight excluding hydrogens is 321 g/mol. The zero-order chi connectivity index (χ0) is 17.2. The Morgan fingerprint density at radius 1 is 1.12 bits per heavy atom. The molecule has 2 heterocycles. The highest BCUT2D eigenvalue weighted by atomic mass is 19.1. The van der Waals surface area contributed by atoms with Gasteiger partial charge >= 0.3 is 0 Å². The largest absolute Gasteiger partial charge is 0.325 e. The van der Waals surface area contributed by atoms with Gasteiger partial charge in [-0.05, 0) is 42.8 Å². The molecule has 0 aliphatic carbocycles. The lowest BCUT2D eigenvalue weighted by molar-refractivity contribution is 0.626. The number of hydrogen-bond donors (Lipinski definition) is 3. The molecule has 0 atom stereocenters. The topological polar surface area (TPSA) is 82.2 Å². The first-order chi connectivity index (χ1) is 12.2. The molecule has 0 saturated heterocycles. The van der Waals surface area contributed by atoms with Crippen LogP contribution in [0.5, 0.6) is 0 Å². The summed E-state index contributed by atoms with van der Waals surface area (Å²) in [6, 6.07) is 11.9. The fourth-order valence-electron chi connectivity index (χ4n) is 2.87. The van der Waals surface area contributed by atoms with Crippen LogP contribution in [0.3, 0.4) is 0 Å². The number of nitrogens with one attached hydrogen (secondary N) is 3. The van der Waals surface area contributed by atoms with Crippen molar-refractivity contribution < 1.29 is 4.39 Å². The molecular formula is C18H16FN5O. The van der Waals surface area contributed by atoms with Crippen LogP contribution in [-0.4, -0.2) is 29.1 Å². The van der Waals surface area contributed by atoms with Crippen LogP contribution in [0.15, 0.2) is 52.3 Å². The fourth-order valence-corrected chi connectivity index (χ4v) is 2.87. The zero-order valence-corrected chi connectivity index (χ0v) is 13.3. The Morgan fingerprint density at radius 2 is 1.96 bits per heavy atom. The third kappa shape index (κ3) is 3.14. The highest BCUT2D eigenvalue weighted by Gasteiger charge is 2.16. The van der Waals surface area contributed by atoms with Gasteiger partial charge < -0.3 is 10.6 Å². The Labute approximate surface area is 142 Å². The number of amidine groups is 1. The Hall–Kier alpha value is -3.06. The van der Waals surface area contributed by atoms with Crippen LogP contribution in [-0.2, 0) is 6.42 Å². The van der Waals surface area contributed by atoms with Crippen LogP contribution in [0.4, 0.5) is 15.9 Å². The summed E-state index contributed by atoms with van der Waals surface area (Å²) in [7, 11) is 0. The van der Waals surface area contributed by atoms with Gasteiger partial charge in [0.05, 0.1) is 23.0 Å². The van der Waals surface area contributed by atoms with Crippen molar-refractivity contribution in [2.45, 2.75) is 6.42 Å². The number of nitrogens with zero attached hydrogens (tertiary/aromatic N) is 2. The molecule has 2 aromatic carbocycles. The SMILES string of the molecule is O=c1[nH]nc2c3c(cccc13)N=C(CNCCc1ccc(F)cc1)N2. The minimum absolute atomic E-state index is 0.224. The minimum Gasteiger partial charge on any atom is -0.325 e. The summed E-state index contributed by atoms with van der Waals surface area (Å²) in [5.74, 6) is 1.12. The summed E-state index contributed by atoms with van der Waals surface area (Å²) in [5, 5.41) is 14.3. The molecule has 0 spiro atoms. The molecule has 7 heteroatoms. The number of aliphatic imine (C=N–C) groups is 1. The van der Waals surface area contributed by atoms with Crippen molar-refractivity contribution in [3.63, 3.8) is 0 Å². The number of rotatable bonds is 5. The van der Waals surface area contributed by atoms with E-state index >= 15 is 0 Å². The van der Waals surface area contributed by atoms with E-state index in [2.05, 4.69) is 25.8 Å². The molecule has 0 bridgehead atoms. The lowest BCUT2D eigenvalue weighted by atomic mass is 10.1. The first-order valence-corrected chi connectivity index (χ1v) is 8.02. The molecule has 0 amide bonds. The maximum atomic E-state index is 12.9.